The van der Waals surface area contributed by atoms with Crippen LogP contribution in [0.4, 0.5) is 0 Å². The first-order valence-electron chi connectivity index (χ1n) is 6.14. The number of hydrogen-bond acceptors (Lipinski definition) is 3. The normalized spacial score (nSPS) is 12.2. The topological polar surface area (TPSA) is 52.3 Å². The van der Waals surface area contributed by atoms with Gasteiger partial charge in [-0.15, -0.1) is 0 Å². The minimum atomic E-state index is -1.09. The van der Waals surface area contributed by atoms with E-state index in [0.29, 0.717) is 12.3 Å². The van der Waals surface area contributed by atoms with Gasteiger partial charge in [0.2, 0.25) is 0 Å². The summed E-state index contributed by atoms with van der Waals surface area (Å²) in [7, 11) is 0.525. The second-order valence-corrected chi connectivity index (χ2v) is 6.54. The van der Waals surface area contributed by atoms with Crippen LogP contribution in [0, 0.1) is 0 Å². The molecule has 2 N–H and O–H groups in total. The van der Waals surface area contributed by atoms with Crippen LogP contribution in [0.3, 0.4) is 0 Å². The number of methoxy groups -OCH3 is 1. The van der Waals surface area contributed by atoms with Gasteiger partial charge in [0.15, 0.2) is 0 Å². The third kappa shape index (κ3) is 3.48. The number of hydrogen-bond donors (Lipinski definition) is 1. The maximum atomic E-state index is 12.4. The number of benzene rings is 2. The molecule has 2 rings (SSSR count). The van der Waals surface area contributed by atoms with Gasteiger partial charge in [-0.2, -0.15) is 0 Å². The van der Waals surface area contributed by atoms with Crippen molar-refractivity contribution in [2.24, 2.45) is 5.73 Å². The van der Waals surface area contributed by atoms with Crippen LogP contribution in [0.5, 0.6) is 5.75 Å². The number of nitrogens with two attached hydrogens (primary N) is 1. The van der Waals surface area contributed by atoms with E-state index in [9.17, 15) is 4.21 Å². The molecular weight excluding hydrogens is 338 g/mol. The maximum Gasteiger partial charge on any atom is 0.123 e. The lowest BCUT2D eigenvalue weighted by molar-refractivity contribution is 0.409. The molecule has 0 aliphatic rings. The Morgan fingerprint density at radius 2 is 2.00 bits per heavy atom. The molecule has 1 atom stereocenters. The third-order valence-corrected chi connectivity index (χ3v) is 5.34. The molecule has 0 radical (unpaired) electrons. The lowest BCUT2D eigenvalue weighted by Crippen LogP contribution is -2.03. The molecular formula is C15H16BrNO2S. The van der Waals surface area contributed by atoms with Gasteiger partial charge in [0.05, 0.1) is 28.6 Å². The summed E-state index contributed by atoms with van der Waals surface area (Å²) in [5.74, 6) is 1.22. The Morgan fingerprint density at radius 1 is 1.25 bits per heavy atom. The maximum absolute atomic E-state index is 12.4. The van der Waals surface area contributed by atoms with Crippen LogP contribution in [0.15, 0.2) is 51.8 Å². The van der Waals surface area contributed by atoms with Gasteiger partial charge < -0.3 is 10.5 Å². The van der Waals surface area contributed by atoms with Crippen molar-refractivity contribution in [1.29, 1.82) is 0 Å². The highest BCUT2D eigenvalue weighted by Gasteiger charge is 2.10. The first-order valence-corrected chi connectivity index (χ1v) is 8.25. The van der Waals surface area contributed by atoms with E-state index in [0.717, 1.165) is 26.2 Å². The molecule has 0 heterocycles. The molecule has 106 valence electrons. The predicted molar refractivity (Wildman–Crippen MR) is 85.1 cm³/mol. The van der Waals surface area contributed by atoms with E-state index in [-0.39, 0.29) is 0 Å². The molecule has 0 amide bonds. The van der Waals surface area contributed by atoms with Crippen LogP contribution in [-0.2, 0) is 23.1 Å². The monoisotopic (exact) mass is 353 g/mol. The molecule has 0 aliphatic heterocycles. The minimum absolute atomic E-state index is 0.401. The van der Waals surface area contributed by atoms with Crippen molar-refractivity contribution >= 4 is 26.7 Å². The summed E-state index contributed by atoms with van der Waals surface area (Å²) in [6, 6.07) is 13.3. The van der Waals surface area contributed by atoms with Crippen LogP contribution in [0.1, 0.15) is 11.1 Å². The summed E-state index contributed by atoms with van der Waals surface area (Å²) in [6.07, 6.45) is 0. The highest BCUT2D eigenvalue weighted by atomic mass is 79.9. The van der Waals surface area contributed by atoms with Gasteiger partial charge in [0.25, 0.3) is 0 Å². The van der Waals surface area contributed by atoms with Gasteiger partial charge in [-0.1, -0.05) is 18.2 Å². The van der Waals surface area contributed by atoms with Crippen LogP contribution in [0.2, 0.25) is 0 Å². The molecule has 0 spiro atoms. The minimum Gasteiger partial charge on any atom is -0.496 e. The Balaban J connectivity index is 2.22. The molecule has 0 bridgehead atoms. The van der Waals surface area contributed by atoms with E-state index in [1.54, 1.807) is 7.11 Å². The lowest BCUT2D eigenvalue weighted by Gasteiger charge is -2.10. The summed E-state index contributed by atoms with van der Waals surface area (Å²) in [4.78, 5) is 0.803. The SMILES string of the molecule is COc1ccc(CS(=O)c2ccccc2Br)cc1CN. The zero-order chi connectivity index (χ0) is 14.5. The molecule has 5 heteroatoms. The van der Waals surface area contributed by atoms with Crippen molar-refractivity contribution < 1.29 is 8.95 Å². The summed E-state index contributed by atoms with van der Waals surface area (Å²) >= 11 is 3.43. The molecule has 3 nitrogen and oxygen atoms in total. The van der Waals surface area contributed by atoms with E-state index >= 15 is 0 Å². The molecule has 0 saturated heterocycles. The smallest absolute Gasteiger partial charge is 0.123 e. The second kappa shape index (κ2) is 7.02. The van der Waals surface area contributed by atoms with E-state index in [1.807, 2.05) is 42.5 Å². The van der Waals surface area contributed by atoms with E-state index < -0.39 is 10.8 Å². The standard InChI is InChI=1S/C15H16BrNO2S/c1-19-14-7-6-11(8-12(14)9-17)10-20(18)15-5-3-2-4-13(15)16/h2-8H,9-10,17H2,1H3. The van der Waals surface area contributed by atoms with Gasteiger partial charge in [0.1, 0.15) is 5.75 Å². The number of rotatable bonds is 5. The van der Waals surface area contributed by atoms with E-state index in [4.69, 9.17) is 10.5 Å². The van der Waals surface area contributed by atoms with Crippen molar-refractivity contribution in [1.82, 2.24) is 0 Å². The highest BCUT2D eigenvalue weighted by Crippen LogP contribution is 2.24. The second-order valence-electron chi connectivity index (χ2n) is 4.27. The van der Waals surface area contributed by atoms with Crippen molar-refractivity contribution in [2.75, 3.05) is 7.11 Å². The van der Waals surface area contributed by atoms with Crippen LogP contribution >= 0.6 is 15.9 Å². The number of halogens is 1. The van der Waals surface area contributed by atoms with Crippen molar-refractivity contribution in [3.8, 4) is 5.75 Å². The molecule has 20 heavy (non-hydrogen) atoms. The zero-order valence-corrected chi connectivity index (χ0v) is 13.5. The molecule has 0 aromatic heterocycles. The Kier molecular flexibility index (Phi) is 5.34. The van der Waals surface area contributed by atoms with Gasteiger partial charge >= 0.3 is 0 Å². The fourth-order valence-electron chi connectivity index (χ4n) is 1.94. The summed E-state index contributed by atoms with van der Waals surface area (Å²) < 4.78 is 18.5. The molecule has 0 saturated carbocycles. The Labute approximate surface area is 129 Å². The molecule has 0 fully saturated rings. The zero-order valence-electron chi connectivity index (χ0n) is 11.1. The fourth-order valence-corrected chi connectivity index (χ4v) is 3.92. The molecule has 0 aliphatic carbocycles. The average Bonchev–Trinajstić information content (AvgIpc) is 2.47. The van der Waals surface area contributed by atoms with Crippen molar-refractivity contribution in [3.63, 3.8) is 0 Å². The van der Waals surface area contributed by atoms with Crippen molar-refractivity contribution in [3.05, 3.63) is 58.1 Å². The summed E-state index contributed by atoms with van der Waals surface area (Å²) in [5, 5.41) is 0. The Morgan fingerprint density at radius 3 is 2.65 bits per heavy atom. The molecule has 2 aromatic rings. The molecule has 2 aromatic carbocycles. The Bertz CT molecular complexity index is 631. The van der Waals surface area contributed by atoms with Gasteiger partial charge in [0, 0.05) is 16.6 Å². The third-order valence-electron chi connectivity index (χ3n) is 2.94. The fraction of sp³-hybridized carbons (Fsp3) is 0.200. The largest absolute Gasteiger partial charge is 0.496 e. The van der Waals surface area contributed by atoms with Gasteiger partial charge in [-0.3, -0.25) is 4.21 Å². The molecule has 1 unspecified atom stereocenters. The average molecular weight is 354 g/mol. The van der Waals surface area contributed by atoms with Crippen LogP contribution in [0.25, 0.3) is 0 Å². The quantitative estimate of drug-likeness (QED) is 0.897. The van der Waals surface area contributed by atoms with Gasteiger partial charge in [-0.25, -0.2) is 0 Å². The van der Waals surface area contributed by atoms with E-state index in [1.165, 1.54) is 0 Å². The van der Waals surface area contributed by atoms with Gasteiger partial charge in [-0.05, 0) is 45.8 Å². The number of ether oxygens (including phenoxy) is 1. The van der Waals surface area contributed by atoms with E-state index in [2.05, 4.69) is 15.9 Å². The first-order chi connectivity index (χ1) is 9.65. The summed E-state index contributed by atoms with van der Waals surface area (Å²) in [5.41, 5.74) is 7.61. The first kappa shape index (κ1) is 15.2. The summed E-state index contributed by atoms with van der Waals surface area (Å²) in [6.45, 7) is 0.401. The Hall–Kier alpha value is -1.17. The van der Waals surface area contributed by atoms with Crippen molar-refractivity contribution in [2.45, 2.75) is 17.2 Å². The van der Waals surface area contributed by atoms with Crippen LogP contribution in [-0.4, -0.2) is 11.3 Å². The predicted octanol–water partition coefficient (Wildman–Crippen LogP) is 3.22. The highest BCUT2D eigenvalue weighted by molar-refractivity contribution is 9.10. The lowest BCUT2D eigenvalue weighted by atomic mass is 10.1. The van der Waals surface area contributed by atoms with Crippen LogP contribution < -0.4 is 10.5 Å².